The van der Waals surface area contributed by atoms with Crippen molar-refractivity contribution < 1.29 is 9.53 Å². The van der Waals surface area contributed by atoms with Gasteiger partial charge in [0, 0.05) is 6.42 Å². The van der Waals surface area contributed by atoms with Crippen molar-refractivity contribution in [2.45, 2.75) is 60.3 Å². The Labute approximate surface area is 101 Å². The Kier molecular flexibility index (Phi) is 8.32. The molecule has 0 aromatic rings. The lowest BCUT2D eigenvalue weighted by atomic mass is 9.89. The number of ether oxygens (including phenoxy) is 1. The number of hydrogen-bond acceptors (Lipinski definition) is 2. The number of hydrogen-bond donors (Lipinski definition) is 0. The van der Waals surface area contributed by atoms with Crippen LogP contribution in [0.5, 0.6) is 0 Å². The molecule has 0 bridgehead atoms. The highest BCUT2D eigenvalue weighted by Crippen LogP contribution is 2.20. The molecule has 1 atom stereocenters. The zero-order valence-corrected chi connectivity index (χ0v) is 11.6. The van der Waals surface area contributed by atoms with Crippen LogP contribution in [0.2, 0.25) is 0 Å². The number of carbonyl (C=O) groups is 1. The quantitative estimate of drug-likeness (QED) is 0.586. The summed E-state index contributed by atoms with van der Waals surface area (Å²) in [6.07, 6.45) is 3.80. The summed E-state index contributed by atoms with van der Waals surface area (Å²) in [6, 6.07) is 0. The standard InChI is InChI=1S/C14H28O2/c1-6-7-14(15)16-10-13(12(4)5)9-8-11(2)3/h11-13H,6-10H2,1-5H3. The van der Waals surface area contributed by atoms with Gasteiger partial charge in [-0.3, -0.25) is 4.79 Å². The van der Waals surface area contributed by atoms with E-state index in [0.717, 1.165) is 18.8 Å². The van der Waals surface area contributed by atoms with Gasteiger partial charge in [-0.1, -0.05) is 41.0 Å². The summed E-state index contributed by atoms with van der Waals surface area (Å²) >= 11 is 0. The number of esters is 1. The van der Waals surface area contributed by atoms with Crippen molar-refractivity contribution in [3.8, 4) is 0 Å². The highest BCUT2D eigenvalue weighted by molar-refractivity contribution is 5.69. The van der Waals surface area contributed by atoms with Crippen molar-refractivity contribution in [3.63, 3.8) is 0 Å². The summed E-state index contributed by atoms with van der Waals surface area (Å²) < 4.78 is 5.30. The number of carbonyl (C=O) groups excluding carboxylic acids is 1. The van der Waals surface area contributed by atoms with Crippen molar-refractivity contribution in [2.24, 2.45) is 17.8 Å². The van der Waals surface area contributed by atoms with Crippen LogP contribution < -0.4 is 0 Å². The molecule has 0 fully saturated rings. The Morgan fingerprint density at radius 3 is 2.19 bits per heavy atom. The molecule has 1 unspecified atom stereocenters. The molecule has 0 amide bonds. The predicted molar refractivity (Wildman–Crippen MR) is 68.3 cm³/mol. The van der Waals surface area contributed by atoms with Gasteiger partial charge in [-0.05, 0) is 30.6 Å². The Hall–Kier alpha value is -0.530. The van der Waals surface area contributed by atoms with Crippen LogP contribution in [0.4, 0.5) is 0 Å². The minimum atomic E-state index is -0.0438. The van der Waals surface area contributed by atoms with Crippen LogP contribution in [0.3, 0.4) is 0 Å². The van der Waals surface area contributed by atoms with E-state index in [9.17, 15) is 4.79 Å². The minimum absolute atomic E-state index is 0.0438. The van der Waals surface area contributed by atoms with Crippen LogP contribution in [-0.4, -0.2) is 12.6 Å². The molecule has 0 aromatic carbocycles. The Bertz CT molecular complexity index is 185. The molecular weight excluding hydrogens is 200 g/mol. The summed E-state index contributed by atoms with van der Waals surface area (Å²) in [5.41, 5.74) is 0. The molecule has 96 valence electrons. The van der Waals surface area contributed by atoms with Crippen molar-refractivity contribution in [1.82, 2.24) is 0 Å². The first-order valence-electron chi connectivity index (χ1n) is 6.63. The maximum Gasteiger partial charge on any atom is 0.305 e. The van der Waals surface area contributed by atoms with Crippen LogP contribution in [0.25, 0.3) is 0 Å². The molecule has 0 heterocycles. The van der Waals surface area contributed by atoms with Gasteiger partial charge in [0.25, 0.3) is 0 Å². The lowest BCUT2D eigenvalue weighted by Gasteiger charge is -2.21. The first-order chi connectivity index (χ1) is 7.47. The van der Waals surface area contributed by atoms with E-state index in [0.29, 0.717) is 24.9 Å². The van der Waals surface area contributed by atoms with Gasteiger partial charge < -0.3 is 4.74 Å². The third-order valence-corrected chi connectivity index (χ3v) is 2.97. The van der Waals surface area contributed by atoms with E-state index in [1.807, 2.05) is 6.92 Å². The Morgan fingerprint density at radius 2 is 1.75 bits per heavy atom. The van der Waals surface area contributed by atoms with Gasteiger partial charge in [0.15, 0.2) is 0 Å². The summed E-state index contributed by atoms with van der Waals surface area (Å²) in [4.78, 5) is 11.3. The molecule has 16 heavy (non-hydrogen) atoms. The van der Waals surface area contributed by atoms with Gasteiger partial charge in [0.1, 0.15) is 0 Å². The fraction of sp³-hybridized carbons (Fsp3) is 0.929. The van der Waals surface area contributed by atoms with E-state index in [-0.39, 0.29) is 5.97 Å². The van der Waals surface area contributed by atoms with Crippen molar-refractivity contribution in [2.75, 3.05) is 6.61 Å². The van der Waals surface area contributed by atoms with Crippen molar-refractivity contribution >= 4 is 5.97 Å². The maximum absolute atomic E-state index is 11.3. The van der Waals surface area contributed by atoms with Crippen LogP contribution in [-0.2, 0) is 9.53 Å². The van der Waals surface area contributed by atoms with E-state index in [4.69, 9.17) is 4.74 Å². The molecule has 2 heteroatoms. The SMILES string of the molecule is CCCC(=O)OCC(CCC(C)C)C(C)C. The first-order valence-corrected chi connectivity index (χ1v) is 6.63. The second-order valence-corrected chi connectivity index (χ2v) is 5.41. The van der Waals surface area contributed by atoms with E-state index in [1.54, 1.807) is 0 Å². The predicted octanol–water partition coefficient (Wildman–Crippen LogP) is 4.04. The highest BCUT2D eigenvalue weighted by Gasteiger charge is 2.16. The maximum atomic E-state index is 11.3. The zero-order valence-electron chi connectivity index (χ0n) is 11.6. The third-order valence-electron chi connectivity index (χ3n) is 2.97. The van der Waals surface area contributed by atoms with Gasteiger partial charge in [-0.25, -0.2) is 0 Å². The van der Waals surface area contributed by atoms with Gasteiger partial charge in [0.05, 0.1) is 6.61 Å². The second kappa shape index (κ2) is 8.60. The molecule has 0 rings (SSSR count). The smallest absolute Gasteiger partial charge is 0.305 e. The lowest BCUT2D eigenvalue weighted by molar-refractivity contribution is -0.145. The molecule has 0 spiro atoms. The van der Waals surface area contributed by atoms with Crippen LogP contribution >= 0.6 is 0 Å². The van der Waals surface area contributed by atoms with Crippen LogP contribution in [0.1, 0.15) is 60.3 Å². The first kappa shape index (κ1) is 15.5. The average molecular weight is 228 g/mol. The average Bonchev–Trinajstić information content (AvgIpc) is 2.17. The molecular formula is C14H28O2. The van der Waals surface area contributed by atoms with Crippen molar-refractivity contribution in [1.29, 1.82) is 0 Å². The third kappa shape index (κ3) is 7.72. The molecule has 2 nitrogen and oxygen atoms in total. The summed E-state index contributed by atoms with van der Waals surface area (Å²) in [5.74, 6) is 1.79. The second-order valence-electron chi connectivity index (χ2n) is 5.41. The van der Waals surface area contributed by atoms with Gasteiger partial charge in [-0.15, -0.1) is 0 Å². The fourth-order valence-electron chi connectivity index (χ4n) is 1.63. The zero-order chi connectivity index (χ0) is 12.6. The Balaban J connectivity index is 3.89. The molecule has 0 saturated carbocycles. The van der Waals surface area contributed by atoms with Crippen LogP contribution in [0.15, 0.2) is 0 Å². The Morgan fingerprint density at radius 1 is 1.12 bits per heavy atom. The van der Waals surface area contributed by atoms with E-state index >= 15 is 0 Å². The monoisotopic (exact) mass is 228 g/mol. The summed E-state index contributed by atoms with van der Waals surface area (Å²) in [7, 11) is 0. The molecule has 0 aliphatic rings. The lowest BCUT2D eigenvalue weighted by Crippen LogP contribution is -2.19. The topological polar surface area (TPSA) is 26.3 Å². The molecule has 0 aromatic heterocycles. The molecule has 0 N–H and O–H groups in total. The molecule has 0 aliphatic carbocycles. The van der Waals surface area contributed by atoms with Crippen LogP contribution in [0, 0.1) is 17.8 Å². The van der Waals surface area contributed by atoms with Gasteiger partial charge in [-0.2, -0.15) is 0 Å². The van der Waals surface area contributed by atoms with Crippen molar-refractivity contribution in [3.05, 3.63) is 0 Å². The summed E-state index contributed by atoms with van der Waals surface area (Å²) in [5, 5.41) is 0. The number of rotatable bonds is 8. The van der Waals surface area contributed by atoms with E-state index < -0.39 is 0 Å². The molecule has 0 aliphatic heterocycles. The fourth-order valence-corrected chi connectivity index (χ4v) is 1.63. The minimum Gasteiger partial charge on any atom is -0.465 e. The summed E-state index contributed by atoms with van der Waals surface area (Å²) in [6.45, 7) is 11.5. The largest absolute Gasteiger partial charge is 0.465 e. The molecule has 0 radical (unpaired) electrons. The molecule has 0 saturated heterocycles. The normalized spacial score (nSPS) is 13.2. The van der Waals surface area contributed by atoms with Gasteiger partial charge in [0.2, 0.25) is 0 Å². The van der Waals surface area contributed by atoms with E-state index in [2.05, 4.69) is 27.7 Å². The highest BCUT2D eigenvalue weighted by atomic mass is 16.5. The van der Waals surface area contributed by atoms with E-state index in [1.165, 1.54) is 6.42 Å². The van der Waals surface area contributed by atoms with Gasteiger partial charge >= 0.3 is 5.97 Å².